The van der Waals surface area contributed by atoms with Gasteiger partial charge in [0.25, 0.3) is 0 Å². The van der Waals surface area contributed by atoms with E-state index in [0.29, 0.717) is 12.5 Å². The van der Waals surface area contributed by atoms with Crippen molar-refractivity contribution in [2.75, 3.05) is 12.0 Å². The third-order valence-electron chi connectivity index (χ3n) is 2.76. The van der Waals surface area contributed by atoms with Gasteiger partial charge < -0.3 is 5.73 Å². The summed E-state index contributed by atoms with van der Waals surface area (Å²) >= 11 is 0. The average Bonchev–Trinajstić information content (AvgIpc) is 2.54. The monoisotopic (exact) mass is 252 g/mol. The van der Waals surface area contributed by atoms with Crippen LogP contribution in [-0.2, 0) is 17.3 Å². The molecule has 6 heteroatoms. The molecule has 0 aromatic carbocycles. The maximum atomic E-state index is 11.4. The van der Waals surface area contributed by atoms with Gasteiger partial charge in [0.1, 0.15) is 5.52 Å². The molecule has 2 N–H and O–H groups in total. The van der Waals surface area contributed by atoms with Crippen LogP contribution >= 0.6 is 0 Å². The van der Waals surface area contributed by atoms with Crippen LogP contribution in [0.5, 0.6) is 0 Å². The van der Waals surface area contributed by atoms with Crippen molar-refractivity contribution < 1.29 is 4.21 Å². The van der Waals surface area contributed by atoms with Crippen LogP contribution in [0.25, 0.3) is 11.2 Å². The highest BCUT2D eigenvalue weighted by Crippen LogP contribution is 2.17. The number of aromatic nitrogens is 3. The lowest BCUT2D eigenvalue weighted by atomic mass is 10.3. The minimum Gasteiger partial charge on any atom is -0.369 e. The first-order chi connectivity index (χ1) is 7.99. The van der Waals surface area contributed by atoms with Crippen molar-refractivity contribution in [2.45, 2.75) is 25.6 Å². The van der Waals surface area contributed by atoms with Gasteiger partial charge in [-0.3, -0.25) is 8.78 Å². The van der Waals surface area contributed by atoms with Crippen LogP contribution in [0, 0.1) is 6.92 Å². The Morgan fingerprint density at radius 1 is 1.59 bits per heavy atom. The Balaban J connectivity index is 2.46. The summed E-state index contributed by atoms with van der Waals surface area (Å²) in [5.74, 6) is 0.426. The third kappa shape index (κ3) is 2.31. The van der Waals surface area contributed by atoms with Gasteiger partial charge in [-0.05, 0) is 25.5 Å². The minimum atomic E-state index is -0.882. The predicted octanol–water partition coefficient (Wildman–Crippen LogP) is 1.09. The maximum Gasteiger partial charge on any atom is 0.202 e. The van der Waals surface area contributed by atoms with E-state index in [1.54, 1.807) is 12.5 Å². The second kappa shape index (κ2) is 4.44. The number of hydrogen-bond donors (Lipinski definition) is 1. The summed E-state index contributed by atoms with van der Waals surface area (Å²) in [5, 5.41) is 0.0257. The average molecular weight is 252 g/mol. The molecule has 2 aromatic heterocycles. The molecule has 0 bridgehead atoms. The molecular formula is C11H16N4OS. The lowest BCUT2D eigenvalue weighted by Crippen LogP contribution is -2.19. The van der Waals surface area contributed by atoms with E-state index in [4.69, 9.17) is 5.73 Å². The molecule has 2 atom stereocenters. The van der Waals surface area contributed by atoms with E-state index in [2.05, 4.69) is 9.97 Å². The van der Waals surface area contributed by atoms with E-state index in [-0.39, 0.29) is 5.25 Å². The van der Waals surface area contributed by atoms with E-state index in [1.165, 1.54) is 0 Å². The number of nitrogens with zero attached hydrogens (tertiary/aromatic N) is 3. The maximum absolute atomic E-state index is 11.4. The number of fused-ring (bicyclic) bond motifs is 1. The second-order valence-electron chi connectivity index (χ2n) is 4.25. The summed E-state index contributed by atoms with van der Waals surface area (Å²) in [6.45, 7) is 4.46. The van der Waals surface area contributed by atoms with Crippen molar-refractivity contribution in [3.63, 3.8) is 0 Å². The van der Waals surface area contributed by atoms with Crippen molar-refractivity contribution in [3.8, 4) is 0 Å². The zero-order valence-corrected chi connectivity index (χ0v) is 11.0. The van der Waals surface area contributed by atoms with Crippen LogP contribution in [0.2, 0.25) is 0 Å². The molecule has 17 heavy (non-hydrogen) atoms. The lowest BCUT2D eigenvalue weighted by Gasteiger charge is -2.10. The highest BCUT2D eigenvalue weighted by molar-refractivity contribution is 7.84. The fraction of sp³-hybridized carbons (Fsp3) is 0.455. The van der Waals surface area contributed by atoms with Crippen LogP contribution in [-0.4, -0.2) is 30.2 Å². The third-order valence-corrected chi connectivity index (χ3v) is 4.04. The number of nitrogens with two attached hydrogens (primary N) is 1. The first kappa shape index (κ1) is 12.0. The summed E-state index contributed by atoms with van der Waals surface area (Å²) in [7, 11) is -0.882. The summed E-state index contributed by atoms with van der Waals surface area (Å²) in [4.78, 5) is 8.60. The van der Waals surface area contributed by atoms with Crippen molar-refractivity contribution in [3.05, 3.63) is 17.8 Å². The van der Waals surface area contributed by atoms with Gasteiger partial charge in [-0.25, -0.2) is 9.97 Å². The molecular weight excluding hydrogens is 236 g/mol. The van der Waals surface area contributed by atoms with Crippen molar-refractivity contribution in [1.82, 2.24) is 14.5 Å². The van der Waals surface area contributed by atoms with Crippen LogP contribution < -0.4 is 5.73 Å². The number of rotatable bonds is 3. The first-order valence-electron chi connectivity index (χ1n) is 5.39. The Morgan fingerprint density at radius 2 is 2.29 bits per heavy atom. The van der Waals surface area contributed by atoms with E-state index >= 15 is 0 Å². The van der Waals surface area contributed by atoms with Gasteiger partial charge in [-0.1, -0.05) is 0 Å². The molecule has 2 unspecified atom stereocenters. The normalized spacial score (nSPS) is 15.0. The summed E-state index contributed by atoms with van der Waals surface area (Å²) < 4.78 is 13.2. The second-order valence-corrected chi connectivity index (χ2v) is 6.05. The number of anilines is 1. The Morgan fingerprint density at radius 3 is 2.94 bits per heavy atom. The molecule has 0 aliphatic rings. The van der Waals surface area contributed by atoms with Gasteiger partial charge in [0.2, 0.25) is 5.95 Å². The molecule has 0 radical (unpaired) electrons. The fourth-order valence-electron chi connectivity index (χ4n) is 1.67. The molecule has 0 spiro atoms. The van der Waals surface area contributed by atoms with E-state index < -0.39 is 10.8 Å². The lowest BCUT2D eigenvalue weighted by molar-refractivity contribution is 0.651. The van der Waals surface area contributed by atoms with Gasteiger partial charge in [-0.2, -0.15) is 0 Å². The molecule has 2 heterocycles. The molecule has 2 aromatic rings. The van der Waals surface area contributed by atoms with Gasteiger partial charge in [0, 0.05) is 35.0 Å². The molecule has 2 rings (SSSR count). The number of aryl methyl sites for hydroxylation is 1. The van der Waals surface area contributed by atoms with Crippen LogP contribution in [0.1, 0.15) is 12.5 Å². The number of pyridine rings is 1. The SMILES string of the molecule is Cc1cnc2c(c1)nc(N)n2CC(C)S(C)=O. The number of nitrogen functional groups attached to an aromatic ring is 1. The predicted molar refractivity (Wildman–Crippen MR) is 70.2 cm³/mol. The van der Waals surface area contributed by atoms with Crippen molar-refractivity contribution in [1.29, 1.82) is 0 Å². The quantitative estimate of drug-likeness (QED) is 0.887. The smallest absolute Gasteiger partial charge is 0.202 e. The van der Waals surface area contributed by atoms with Crippen molar-refractivity contribution in [2.24, 2.45) is 0 Å². The Labute approximate surface area is 103 Å². The first-order valence-corrected chi connectivity index (χ1v) is 7.01. The van der Waals surface area contributed by atoms with Gasteiger partial charge in [0.05, 0.1) is 0 Å². The highest BCUT2D eigenvalue weighted by Gasteiger charge is 2.14. The molecule has 0 aliphatic carbocycles. The van der Waals surface area contributed by atoms with Gasteiger partial charge in [0.15, 0.2) is 5.65 Å². The zero-order valence-electron chi connectivity index (χ0n) is 10.2. The van der Waals surface area contributed by atoms with Crippen LogP contribution in [0.3, 0.4) is 0 Å². The molecule has 0 aliphatic heterocycles. The van der Waals surface area contributed by atoms with Gasteiger partial charge in [-0.15, -0.1) is 0 Å². The van der Waals surface area contributed by atoms with Crippen LogP contribution in [0.4, 0.5) is 5.95 Å². The van der Waals surface area contributed by atoms with E-state index in [1.807, 2.05) is 24.5 Å². The minimum absolute atomic E-state index is 0.0257. The fourth-order valence-corrected chi connectivity index (χ4v) is 2.03. The topological polar surface area (TPSA) is 73.8 Å². The van der Waals surface area contributed by atoms with Crippen LogP contribution in [0.15, 0.2) is 12.3 Å². The molecule has 0 amide bonds. The molecule has 0 saturated carbocycles. The number of hydrogen-bond acceptors (Lipinski definition) is 4. The molecule has 5 nitrogen and oxygen atoms in total. The summed E-state index contributed by atoms with van der Waals surface area (Å²) in [6.07, 6.45) is 3.48. The van der Waals surface area contributed by atoms with E-state index in [0.717, 1.165) is 16.7 Å². The molecule has 0 fully saturated rings. The summed E-state index contributed by atoms with van der Waals surface area (Å²) in [5.41, 5.74) is 8.46. The Kier molecular flexibility index (Phi) is 3.15. The van der Waals surface area contributed by atoms with E-state index in [9.17, 15) is 4.21 Å². The molecule has 0 saturated heterocycles. The number of imidazole rings is 1. The highest BCUT2D eigenvalue weighted by atomic mass is 32.2. The Bertz CT molecular complexity index is 578. The largest absolute Gasteiger partial charge is 0.369 e. The zero-order chi connectivity index (χ0) is 12.6. The van der Waals surface area contributed by atoms with Crippen molar-refractivity contribution >= 4 is 27.9 Å². The molecule has 92 valence electrons. The van der Waals surface area contributed by atoms with Gasteiger partial charge >= 0.3 is 0 Å². The Hall–Kier alpha value is -1.43. The summed E-state index contributed by atoms with van der Waals surface area (Å²) in [6, 6.07) is 1.95. The standard InChI is InChI=1S/C11H16N4OS/c1-7-4-9-10(13-5-7)15(11(12)14-9)6-8(2)17(3)16/h4-5,8H,6H2,1-3H3,(H2,12,14).